The second kappa shape index (κ2) is 12.4. The molecule has 0 spiro atoms. The SMILES string of the molecule is CC[C@@H](C)NC(=O)[C@@H](CC)N(CCc1ccccc1)C(=O)COc1ccccc1C(C)(C)C. The van der Waals surface area contributed by atoms with E-state index in [0.717, 1.165) is 17.5 Å². The Morgan fingerprint density at radius 1 is 0.970 bits per heavy atom. The van der Waals surface area contributed by atoms with E-state index < -0.39 is 6.04 Å². The molecule has 0 aliphatic heterocycles. The van der Waals surface area contributed by atoms with Gasteiger partial charge in [0.1, 0.15) is 11.8 Å². The van der Waals surface area contributed by atoms with E-state index >= 15 is 0 Å². The Morgan fingerprint density at radius 2 is 1.61 bits per heavy atom. The second-order valence-electron chi connectivity index (χ2n) is 9.60. The first-order valence-electron chi connectivity index (χ1n) is 12.0. The molecule has 0 bridgehead atoms. The fraction of sp³-hybridized carbons (Fsp3) is 0.500. The maximum absolute atomic E-state index is 13.4. The van der Waals surface area contributed by atoms with Gasteiger partial charge in [0.15, 0.2) is 6.61 Å². The molecular formula is C28H40N2O3. The molecule has 180 valence electrons. The van der Waals surface area contributed by atoms with E-state index in [-0.39, 0.29) is 29.9 Å². The number of carbonyl (C=O) groups excluding carboxylic acids is 2. The molecule has 0 aliphatic carbocycles. The third kappa shape index (κ3) is 7.92. The van der Waals surface area contributed by atoms with Gasteiger partial charge in [0, 0.05) is 12.6 Å². The topological polar surface area (TPSA) is 58.6 Å². The van der Waals surface area contributed by atoms with E-state index in [9.17, 15) is 9.59 Å². The number of nitrogens with one attached hydrogen (secondary N) is 1. The summed E-state index contributed by atoms with van der Waals surface area (Å²) in [6.45, 7) is 12.7. The van der Waals surface area contributed by atoms with Crippen molar-refractivity contribution < 1.29 is 14.3 Å². The van der Waals surface area contributed by atoms with Crippen molar-refractivity contribution in [2.75, 3.05) is 13.2 Å². The van der Waals surface area contributed by atoms with Gasteiger partial charge in [0.25, 0.3) is 5.91 Å². The minimum Gasteiger partial charge on any atom is -0.483 e. The molecule has 33 heavy (non-hydrogen) atoms. The van der Waals surface area contributed by atoms with Gasteiger partial charge in [-0.3, -0.25) is 9.59 Å². The van der Waals surface area contributed by atoms with Gasteiger partial charge in [0.2, 0.25) is 5.91 Å². The minimum absolute atomic E-state index is 0.0625. The molecule has 0 aromatic heterocycles. The molecule has 5 heteroatoms. The molecule has 5 nitrogen and oxygen atoms in total. The fourth-order valence-corrected chi connectivity index (χ4v) is 3.77. The van der Waals surface area contributed by atoms with Crippen LogP contribution in [-0.2, 0) is 21.4 Å². The molecule has 0 fully saturated rings. The summed E-state index contributed by atoms with van der Waals surface area (Å²) in [6.07, 6.45) is 2.06. The van der Waals surface area contributed by atoms with E-state index in [1.165, 1.54) is 0 Å². The summed E-state index contributed by atoms with van der Waals surface area (Å²) < 4.78 is 6.01. The van der Waals surface area contributed by atoms with Crippen molar-refractivity contribution in [1.82, 2.24) is 10.2 Å². The molecule has 2 rings (SSSR count). The van der Waals surface area contributed by atoms with Gasteiger partial charge >= 0.3 is 0 Å². The molecule has 0 heterocycles. The van der Waals surface area contributed by atoms with Crippen LogP contribution in [0.1, 0.15) is 65.5 Å². The van der Waals surface area contributed by atoms with Crippen LogP contribution in [-0.4, -0.2) is 41.9 Å². The number of carbonyl (C=O) groups is 2. The first-order valence-corrected chi connectivity index (χ1v) is 12.0. The van der Waals surface area contributed by atoms with Gasteiger partial charge in [-0.25, -0.2) is 0 Å². The van der Waals surface area contributed by atoms with Crippen LogP contribution in [0.25, 0.3) is 0 Å². The molecule has 2 amide bonds. The van der Waals surface area contributed by atoms with Crippen molar-refractivity contribution in [2.24, 2.45) is 0 Å². The molecule has 0 unspecified atom stereocenters. The third-order valence-electron chi connectivity index (χ3n) is 5.92. The number of hydrogen-bond donors (Lipinski definition) is 1. The number of ether oxygens (including phenoxy) is 1. The van der Waals surface area contributed by atoms with Crippen LogP contribution in [0.15, 0.2) is 54.6 Å². The number of benzene rings is 2. The summed E-state index contributed by atoms with van der Waals surface area (Å²) in [5.74, 6) is 0.419. The summed E-state index contributed by atoms with van der Waals surface area (Å²) in [4.78, 5) is 28.1. The summed E-state index contributed by atoms with van der Waals surface area (Å²) in [5.41, 5.74) is 2.08. The zero-order valence-corrected chi connectivity index (χ0v) is 21.1. The minimum atomic E-state index is -0.531. The number of amides is 2. The van der Waals surface area contributed by atoms with Crippen molar-refractivity contribution in [2.45, 2.75) is 78.3 Å². The number of rotatable bonds is 11. The Kier molecular flexibility index (Phi) is 9.95. The third-order valence-corrected chi connectivity index (χ3v) is 5.92. The lowest BCUT2D eigenvalue weighted by molar-refractivity contribution is -0.142. The van der Waals surface area contributed by atoms with Crippen LogP contribution in [0.4, 0.5) is 0 Å². The highest BCUT2D eigenvalue weighted by molar-refractivity contribution is 5.88. The van der Waals surface area contributed by atoms with Crippen molar-refractivity contribution in [1.29, 1.82) is 0 Å². The summed E-state index contributed by atoms with van der Waals surface area (Å²) in [6, 6.07) is 17.4. The average Bonchev–Trinajstić information content (AvgIpc) is 2.80. The van der Waals surface area contributed by atoms with Crippen LogP contribution >= 0.6 is 0 Å². The van der Waals surface area contributed by atoms with Crippen LogP contribution in [0.3, 0.4) is 0 Å². The molecule has 0 saturated heterocycles. The van der Waals surface area contributed by atoms with Gasteiger partial charge in [-0.1, -0.05) is 83.1 Å². The quantitative estimate of drug-likeness (QED) is 0.514. The van der Waals surface area contributed by atoms with Crippen LogP contribution in [0.2, 0.25) is 0 Å². The highest BCUT2D eigenvalue weighted by atomic mass is 16.5. The van der Waals surface area contributed by atoms with Crippen LogP contribution in [0.5, 0.6) is 5.75 Å². The maximum atomic E-state index is 13.4. The second-order valence-corrected chi connectivity index (χ2v) is 9.60. The van der Waals surface area contributed by atoms with Crippen molar-refractivity contribution in [3.8, 4) is 5.75 Å². The van der Waals surface area contributed by atoms with Crippen molar-refractivity contribution >= 4 is 11.8 Å². The molecule has 2 aromatic carbocycles. The summed E-state index contributed by atoms with van der Waals surface area (Å²) in [7, 11) is 0. The monoisotopic (exact) mass is 452 g/mol. The molecule has 0 saturated carbocycles. The zero-order valence-electron chi connectivity index (χ0n) is 21.1. The van der Waals surface area contributed by atoms with E-state index in [0.29, 0.717) is 25.1 Å². The Bertz CT molecular complexity index is 890. The highest BCUT2D eigenvalue weighted by Gasteiger charge is 2.29. The summed E-state index contributed by atoms with van der Waals surface area (Å²) in [5, 5.41) is 3.04. The van der Waals surface area contributed by atoms with Gasteiger partial charge in [-0.15, -0.1) is 0 Å². The van der Waals surface area contributed by atoms with Crippen LogP contribution in [0, 0.1) is 0 Å². The average molecular weight is 453 g/mol. The lowest BCUT2D eigenvalue weighted by Crippen LogP contribution is -2.52. The number of nitrogens with zero attached hydrogens (tertiary/aromatic N) is 1. The van der Waals surface area contributed by atoms with Gasteiger partial charge < -0.3 is 15.0 Å². The Labute approximate surface area is 199 Å². The molecule has 1 N–H and O–H groups in total. The molecule has 0 radical (unpaired) electrons. The number of hydrogen-bond acceptors (Lipinski definition) is 3. The predicted octanol–water partition coefficient (Wildman–Crippen LogP) is 5.13. The standard InChI is InChI=1S/C28H40N2O3/c1-7-21(3)29-27(32)24(8-2)30(19-18-22-14-10-9-11-15-22)26(31)20-33-25-17-13-12-16-23(25)28(4,5)6/h9-17,21,24H,7-8,18-20H2,1-6H3,(H,29,32)/t21-,24-/m1/s1. The van der Waals surface area contributed by atoms with E-state index in [1.807, 2.05) is 75.4 Å². The lowest BCUT2D eigenvalue weighted by atomic mass is 9.86. The Morgan fingerprint density at radius 3 is 2.21 bits per heavy atom. The smallest absolute Gasteiger partial charge is 0.261 e. The van der Waals surface area contributed by atoms with Crippen molar-refractivity contribution in [3.05, 3.63) is 65.7 Å². The zero-order chi connectivity index (χ0) is 24.4. The number of para-hydroxylation sites is 1. The first kappa shape index (κ1) is 26.4. The van der Waals surface area contributed by atoms with Gasteiger partial charge in [-0.2, -0.15) is 0 Å². The lowest BCUT2D eigenvalue weighted by Gasteiger charge is -2.31. The fourth-order valence-electron chi connectivity index (χ4n) is 3.77. The normalized spacial score (nSPS) is 13.2. The predicted molar refractivity (Wildman–Crippen MR) is 134 cm³/mol. The van der Waals surface area contributed by atoms with Gasteiger partial charge in [-0.05, 0) is 48.8 Å². The summed E-state index contributed by atoms with van der Waals surface area (Å²) >= 11 is 0. The van der Waals surface area contributed by atoms with Gasteiger partial charge in [0.05, 0.1) is 0 Å². The van der Waals surface area contributed by atoms with E-state index in [4.69, 9.17) is 4.74 Å². The first-order chi connectivity index (χ1) is 15.7. The molecular weight excluding hydrogens is 412 g/mol. The largest absolute Gasteiger partial charge is 0.483 e. The Balaban J connectivity index is 2.21. The maximum Gasteiger partial charge on any atom is 0.261 e. The molecule has 2 aromatic rings. The van der Waals surface area contributed by atoms with Crippen molar-refractivity contribution in [3.63, 3.8) is 0 Å². The molecule has 0 aliphatic rings. The Hall–Kier alpha value is -2.82. The molecule has 2 atom stereocenters. The van der Waals surface area contributed by atoms with E-state index in [2.05, 4.69) is 26.1 Å². The van der Waals surface area contributed by atoms with Crippen LogP contribution < -0.4 is 10.1 Å². The highest BCUT2D eigenvalue weighted by Crippen LogP contribution is 2.31. The van der Waals surface area contributed by atoms with E-state index in [1.54, 1.807) is 4.90 Å².